The highest BCUT2D eigenvalue weighted by atomic mass is 15.2. The van der Waals surface area contributed by atoms with Crippen LogP contribution in [0.5, 0.6) is 0 Å². The van der Waals surface area contributed by atoms with Gasteiger partial charge in [0.1, 0.15) is 0 Å². The van der Waals surface area contributed by atoms with Crippen LogP contribution in [-0.2, 0) is 6.54 Å². The zero-order valence-corrected chi connectivity index (χ0v) is 12.3. The summed E-state index contributed by atoms with van der Waals surface area (Å²) in [6, 6.07) is 11.6. The van der Waals surface area contributed by atoms with Crippen LogP contribution in [-0.4, -0.2) is 42.0 Å². The molecule has 2 unspecified atom stereocenters. The van der Waals surface area contributed by atoms with E-state index in [0.717, 1.165) is 18.4 Å². The number of piperidine rings is 2. The zero-order valence-electron chi connectivity index (χ0n) is 12.3. The fraction of sp³-hybridized carbons (Fsp3) is 0.647. The van der Waals surface area contributed by atoms with Crippen molar-refractivity contribution in [2.75, 3.05) is 26.2 Å². The van der Waals surface area contributed by atoms with Crippen molar-refractivity contribution in [3.63, 3.8) is 0 Å². The SMILES string of the molecule is CC(C)N1CC2CC(CN(Cc3ccccc3)C2)C1. The lowest BCUT2D eigenvalue weighted by Gasteiger charge is -2.47. The second kappa shape index (κ2) is 5.64. The minimum absolute atomic E-state index is 0.714. The normalized spacial score (nSPS) is 28.8. The summed E-state index contributed by atoms with van der Waals surface area (Å²) in [6.07, 6.45) is 1.45. The van der Waals surface area contributed by atoms with Gasteiger partial charge < -0.3 is 4.90 Å². The van der Waals surface area contributed by atoms with Crippen molar-refractivity contribution in [1.29, 1.82) is 0 Å². The second-order valence-corrected chi connectivity index (χ2v) is 6.70. The third-order valence-electron chi connectivity index (χ3n) is 4.66. The van der Waals surface area contributed by atoms with Crippen molar-refractivity contribution < 1.29 is 0 Å². The molecule has 1 aromatic carbocycles. The Labute approximate surface area is 117 Å². The summed E-state index contributed by atoms with van der Waals surface area (Å²) >= 11 is 0. The summed E-state index contributed by atoms with van der Waals surface area (Å²) < 4.78 is 0. The number of rotatable bonds is 3. The predicted molar refractivity (Wildman–Crippen MR) is 80.0 cm³/mol. The van der Waals surface area contributed by atoms with E-state index in [-0.39, 0.29) is 0 Å². The van der Waals surface area contributed by atoms with Crippen LogP contribution < -0.4 is 0 Å². The molecule has 2 nitrogen and oxygen atoms in total. The summed E-state index contributed by atoms with van der Waals surface area (Å²) in [4.78, 5) is 5.35. The van der Waals surface area contributed by atoms with Gasteiger partial charge in [-0.25, -0.2) is 0 Å². The van der Waals surface area contributed by atoms with Gasteiger partial charge in [-0.15, -0.1) is 0 Å². The van der Waals surface area contributed by atoms with Crippen LogP contribution in [0.1, 0.15) is 25.8 Å². The first-order valence-corrected chi connectivity index (χ1v) is 7.71. The quantitative estimate of drug-likeness (QED) is 0.822. The average Bonchev–Trinajstić information content (AvgIpc) is 2.38. The van der Waals surface area contributed by atoms with E-state index < -0.39 is 0 Å². The molecule has 0 radical (unpaired) electrons. The van der Waals surface area contributed by atoms with Crippen molar-refractivity contribution >= 4 is 0 Å². The highest BCUT2D eigenvalue weighted by Gasteiger charge is 2.34. The first-order valence-electron chi connectivity index (χ1n) is 7.71. The Bertz CT molecular complexity index is 387. The Morgan fingerprint density at radius 1 is 1.00 bits per heavy atom. The van der Waals surface area contributed by atoms with Gasteiger partial charge >= 0.3 is 0 Å². The van der Waals surface area contributed by atoms with Gasteiger partial charge in [0.05, 0.1) is 0 Å². The second-order valence-electron chi connectivity index (χ2n) is 6.70. The lowest BCUT2D eigenvalue weighted by molar-refractivity contribution is 0.0144. The topological polar surface area (TPSA) is 6.48 Å². The number of likely N-dealkylation sites (tertiary alicyclic amines) is 2. The largest absolute Gasteiger partial charge is 0.300 e. The van der Waals surface area contributed by atoms with E-state index in [9.17, 15) is 0 Å². The third-order valence-corrected chi connectivity index (χ3v) is 4.66. The molecule has 1 aromatic rings. The Kier molecular flexibility index (Phi) is 3.90. The van der Waals surface area contributed by atoms with Gasteiger partial charge in [0.15, 0.2) is 0 Å². The molecule has 2 atom stereocenters. The molecule has 0 amide bonds. The minimum Gasteiger partial charge on any atom is -0.300 e. The van der Waals surface area contributed by atoms with E-state index in [4.69, 9.17) is 0 Å². The first-order chi connectivity index (χ1) is 9.20. The summed E-state index contributed by atoms with van der Waals surface area (Å²) in [5, 5.41) is 0. The highest BCUT2D eigenvalue weighted by molar-refractivity contribution is 5.14. The summed E-state index contributed by atoms with van der Waals surface area (Å²) in [7, 11) is 0. The molecule has 2 fully saturated rings. The van der Waals surface area contributed by atoms with Crippen molar-refractivity contribution in [1.82, 2.24) is 9.80 Å². The molecule has 3 rings (SSSR count). The third kappa shape index (κ3) is 3.18. The van der Waals surface area contributed by atoms with Crippen LogP contribution in [0.15, 0.2) is 30.3 Å². The number of hydrogen-bond acceptors (Lipinski definition) is 2. The molecule has 0 aromatic heterocycles. The van der Waals surface area contributed by atoms with E-state index in [2.05, 4.69) is 54.0 Å². The Hall–Kier alpha value is -0.860. The fourth-order valence-corrected chi connectivity index (χ4v) is 3.82. The van der Waals surface area contributed by atoms with Crippen LogP contribution in [0.2, 0.25) is 0 Å². The summed E-state index contributed by atoms with van der Waals surface area (Å²) in [5.41, 5.74) is 1.46. The van der Waals surface area contributed by atoms with Gasteiger partial charge in [0.25, 0.3) is 0 Å². The maximum Gasteiger partial charge on any atom is 0.0233 e. The van der Waals surface area contributed by atoms with E-state index in [0.29, 0.717) is 6.04 Å². The molecule has 19 heavy (non-hydrogen) atoms. The molecule has 0 N–H and O–H groups in total. The Morgan fingerprint density at radius 2 is 1.63 bits per heavy atom. The van der Waals surface area contributed by atoms with Crippen molar-refractivity contribution in [2.45, 2.75) is 32.9 Å². The fourth-order valence-electron chi connectivity index (χ4n) is 3.82. The van der Waals surface area contributed by atoms with Gasteiger partial charge in [0.2, 0.25) is 0 Å². The lowest BCUT2D eigenvalue weighted by Crippen LogP contribution is -2.53. The van der Waals surface area contributed by atoms with Crippen molar-refractivity contribution in [2.24, 2.45) is 11.8 Å². The monoisotopic (exact) mass is 258 g/mol. The maximum atomic E-state index is 2.68. The Balaban J connectivity index is 1.60. The highest BCUT2D eigenvalue weighted by Crippen LogP contribution is 2.30. The van der Waals surface area contributed by atoms with Gasteiger partial charge in [-0.2, -0.15) is 0 Å². The molecule has 2 aliphatic rings. The molecule has 2 saturated heterocycles. The molecular weight excluding hydrogens is 232 g/mol. The van der Waals surface area contributed by atoms with Crippen molar-refractivity contribution in [3.05, 3.63) is 35.9 Å². The van der Waals surface area contributed by atoms with Crippen LogP contribution in [0.3, 0.4) is 0 Å². The van der Waals surface area contributed by atoms with E-state index in [1.165, 1.54) is 38.2 Å². The van der Waals surface area contributed by atoms with Gasteiger partial charge in [-0.05, 0) is 37.7 Å². The van der Waals surface area contributed by atoms with E-state index >= 15 is 0 Å². The molecule has 0 saturated carbocycles. The van der Waals surface area contributed by atoms with E-state index in [1.54, 1.807) is 0 Å². The smallest absolute Gasteiger partial charge is 0.0233 e. The molecule has 2 bridgehead atoms. The predicted octanol–water partition coefficient (Wildman–Crippen LogP) is 2.85. The Morgan fingerprint density at radius 3 is 2.21 bits per heavy atom. The number of hydrogen-bond donors (Lipinski definition) is 0. The number of fused-ring (bicyclic) bond motifs is 2. The van der Waals surface area contributed by atoms with Crippen LogP contribution >= 0.6 is 0 Å². The molecule has 2 heterocycles. The number of nitrogens with zero attached hydrogens (tertiary/aromatic N) is 2. The molecule has 0 aliphatic carbocycles. The van der Waals surface area contributed by atoms with Crippen LogP contribution in [0.4, 0.5) is 0 Å². The van der Waals surface area contributed by atoms with Gasteiger partial charge in [0, 0.05) is 38.8 Å². The molecule has 2 heteroatoms. The molecule has 2 aliphatic heterocycles. The first kappa shape index (κ1) is 13.1. The maximum absolute atomic E-state index is 2.68. The van der Waals surface area contributed by atoms with E-state index in [1.807, 2.05) is 0 Å². The van der Waals surface area contributed by atoms with Crippen LogP contribution in [0.25, 0.3) is 0 Å². The number of benzene rings is 1. The summed E-state index contributed by atoms with van der Waals surface area (Å²) in [6.45, 7) is 11.0. The minimum atomic E-state index is 0.714. The zero-order chi connectivity index (χ0) is 13.2. The van der Waals surface area contributed by atoms with Crippen molar-refractivity contribution in [3.8, 4) is 0 Å². The van der Waals surface area contributed by atoms with Gasteiger partial charge in [-0.3, -0.25) is 4.90 Å². The molecule has 104 valence electrons. The standard InChI is InChI=1S/C17H26N2/c1-14(2)19-12-16-8-17(13-19)11-18(10-16)9-15-6-4-3-5-7-15/h3-7,14,16-17H,8-13H2,1-2H3. The summed E-state index contributed by atoms with van der Waals surface area (Å²) in [5.74, 6) is 1.78. The lowest BCUT2D eigenvalue weighted by atomic mass is 9.84. The molecule has 0 spiro atoms. The van der Waals surface area contributed by atoms with Crippen LogP contribution in [0, 0.1) is 11.8 Å². The average molecular weight is 258 g/mol. The molecular formula is C17H26N2. The van der Waals surface area contributed by atoms with Gasteiger partial charge in [-0.1, -0.05) is 30.3 Å².